The van der Waals surface area contributed by atoms with Gasteiger partial charge >= 0.3 is 0 Å². The van der Waals surface area contributed by atoms with Crippen LogP contribution in [-0.2, 0) is 4.79 Å². The summed E-state index contributed by atoms with van der Waals surface area (Å²) in [6.07, 6.45) is -0.393. The topological polar surface area (TPSA) is 188 Å². The Morgan fingerprint density at radius 2 is 2.06 bits per heavy atom. The van der Waals surface area contributed by atoms with Crippen LogP contribution in [0.2, 0.25) is 0 Å². The van der Waals surface area contributed by atoms with E-state index in [1.807, 2.05) is 6.92 Å². The van der Waals surface area contributed by atoms with Crippen LogP contribution in [0.15, 0.2) is 40.8 Å². The lowest BCUT2D eigenvalue weighted by atomic mass is 10.2. The van der Waals surface area contributed by atoms with Gasteiger partial charge in [0.1, 0.15) is 35.6 Å². The number of carbonyl (C=O) groups is 1. The highest BCUT2D eigenvalue weighted by Crippen LogP contribution is 2.25. The maximum atomic E-state index is 11.7. The van der Waals surface area contributed by atoms with Crippen molar-refractivity contribution in [1.29, 1.82) is 5.41 Å². The van der Waals surface area contributed by atoms with Crippen molar-refractivity contribution >= 4 is 34.3 Å². The number of hydrogen-bond donors (Lipinski definition) is 6. The molecule has 0 aromatic heterocycles. The van der Waals surface area contributed by atoms with E-state index >= 15 is 0 Å². The molecule has 0 saturated heterocycles. The highest BCUT2D eigenvalue weighted by molar-refractivity contribution is 6.67. The molecule has 11 nitrogen and oxygen atoms in total. The first-order valence-corrected chi connectivity index (χ1v) is 10.0. The molecule has 1 amide bonds. The van der Waals surface area contributed by atoms with Gasteiger partial charge in [0.2, 0.25) is 5.96 Å². The number of anilines is 1. The van der Waals surface area contributed by atoms with Gasteiger partial charge in [0.25, 0.3) is 5.91 Å². The number of rotatable bonds is 9. The first-order chi connectivity index (χ1) is 14.7. The SMILES string of the molecule is CCCCN(C(=N)N1C(N)=C(C(N)=O)N=C(Cl)C1N)c1ccc(OCC(O)CO)cc1. The van der Waals surface area contributed by atoms with Crippen LogP contribution in [0, 0.1) is 5.41 Å². The molecule has 1 aromatic carbocycles. The first kappa shape index (κ1) is 24.4. The quantitative estimate of drug-likeness (QED) is 0.219. The number of nitrogens with two attached hydrogens (primary N) is 3. The van der Waals surface area contributed by atoms with Gasteiger partial charge in [-0.1, -0.05) is 24.9 Å². The molecule has 0 radical (unpaired) electrons. The summed E-state index contributed by atoms with van der Waals surface area (Å²) in [5, 5.41) is 26.9. The second-order valence-electron chi connectivity index (χ2n) is 6.82. The Labute approximate surface area is 185 Å². The Kier molecular flexibility index (Phi) is 8.63. The zero-order valence-corrected chi connectivity index (χ0v) is 17.9. The summed E-state index contributed by atoms with van der Waals surface area (Å²) in [5.74, 6) is -0.658. The number of aliphatic hydroxyl groups is 2. The van der Waals surface area contributed by atoms with Crippen molar-refractivity contribution in [2.24, 2.45) is 22.2 Å². The number of guanidine groups is 1. The van der Waals surface area contributed by atoms with Crippen LogP contribution >= 0.6 is 11.6 Å². The van der Waals surface area contributed by atoms with E-state index in [-0.39, 0.29) is 29.3 Å². The fourth-order valence-electron chi connectivity index (χ4n) is 2.80. The molecule has 0 spiro atoms. The highest BCUT2D eigenvalue weighted by Gasteiger charge is 2.34. The molecule has 2 atom stereocenters. The molecular formula is C19H28ClN7O4. The molecule has 12 heteroatoms. The third-order valence-corrected chi connectivity index (χ3v) is 4.81. The predicted molar refractivity (Wildman–Crippen MR) is 119 cm³/mol. The molecular weight excluding hydrogens is 426 g/mol. The van der Waals surface area contributed by atoms with Crippen molar-refractivity contribution in [2.75, 3.05) is 24.7 Å². The second kappa shape index (κ2) is 11.0. The number of hydrogen-bond acceptors (Lipinski definition) is 8. The first-order valence-electron chi connectivity index (χ1n) is 9.67. The molecule has 2 rings (SSSR count). The Hall–Kier alpha value is -2.86. The van der Waals surface area contributed by atoms with Crippen molar-refractivity contribution in [1.82, 2.24) is 4.90 Å². The predicted octanol–water partition coefficient (Wildman–Crippen LogP) is -0.189. The molecule has 1 aromatic rings. The average molecular weight is 454 g/mol. The van der Waals surface area contributed by atoms with Gasteiger partial charge in [-0.3, -0.25) is 15.1 Å². The second-order valence-corrected chi connectivity index (χ2v) is 7.20. The number of ether oxygens (including phenoxy) is 1. The van der Waals surface area contributed by atoms with Gasteiger partial charge in [-0.25, -0.2) is 4.99 Å². The summed E-state index contributed by atoms with van der Waals surface area (Å²) in [7, 11) is 0. The molecule has 0 fully saturated rings. The van der Waals surface area contributed by atoms with Gasteiger partial charge in [-0.15, -0.1) is 0 Å². The average Bonchev–Trinajstić information content (AvgIpc) is 2.75. The number of aliphatic hydroxyl groups excluding tert-OH is 2. The third-order valence-electron chi connectivity index (χ3n) is 4.50. The van der Waals surface area contributed by atoms with Crippen LogP contribution in [0.4, 0.5) is 5.69 Å². The summed E-state index contributed by atoms with van der Waals surface area (Å²) < 4.78 is 5.42. The molecule has 0 saturated carbocycles. The maximum absolute atomic E-state index is 11.7. The van der Waals surface area contributed by atoms with E-state index in [0.29, 0.717) is 18.0 Å². The van der Waals surface area contributed by atoms with E-state index in [4.69, 9.17) is 44.1 Å². The molecule has 31 heavy (non-hydrogen) atoms. The Balaban J connectivity index is 2.32. The minimum atomic E-state index is -1.05. The number of nitrogens with zero attached hydrogens (tertiary/aromatic N) is 3. The number of primary amides is 1. The van der Waals surface area contributed by atoms with E-state index < -0.39 is 24.8 Å². The number of unbranched alkanes of at least 4 members (excludes halogenated alkanes) is 1. The fraction of sp³-hybridized carbons (Fsp3) is 0.421. The molecule has 9 N–H and O–H groups in total. The molecule has 0 aliphatic carbocycles. The van der Waals surface area contributed by atoms with E-state index in [1.165, 1.54) is 4.90 Å². The van der Waals surface area contributed by atoms with Crippen molar-refractivity contribution in [3.8, 4) is 5.75 Å². The van der Waals surface area contributed by atoms with E-state index in [1.54, 1.807) is 29.2 Å². The summed E-state index contributed by atoms with van der Waals surface area (Å²) in [6.45, 7) is 2.03. The summed E-state index contributed by atoms with van der Waals surface area (Å²) >= 11 is 6.07. The maximum Gasteiger partial charge on any atom is 0.271 e. The van der Waals surface area contributed by atoms with Gasteiger partial charge in [0.15, 0.2) is 5.70 Å². The van der Waals surface area contributed by atoms with Crippen molar-refractivity contribution in [3.63, 3.8) is 0 Å². The summed E-state index contributed by atoms with van der Waals surface area (Å²) in [6, 6.07) is 6.80. The normalized spacial score (nSPS) is 17.3. The van der Waals surface area contributed by atoms with Crippen LogP contribution < -0.4 is 26.8 Å². The van der Waals surface area contributed by atoms with Crippen molar-refractivity contribution in [2.45, 2.75) is 32.0 Å². The van der Waals surface area contributed by atoms with Crippen molar-refractivity contribution < 1.29 is 19.7 Å². The summed E-state index contributed by atoms with van der Waals surface area (Å²) in [4.78, 5) is 18.4. The number of halogens is 1. The lowest BCUT2D eigenvalue weighted by molar-refractivity contribution is -0.114. The third kappa shape index (κ3) is 5.85. The van der Waals surface area contributed by atoms with E-state index in [9.17, 15) is 9.90 Å². The Bertz CT molecular complexity index is 859. The lowest BCUT2D eigenvalue weighted by Gasteiger charge is -2.38. The van der Waals surface area contributed by atoms with E-state index in [2.05, 4.69) is 4.99 Å². The minimum absolute atomic E-state index is 0.0527. The van der Waals surface area contributed by atoms with Crippen molar-refractivity contribution in [3.05, 3.63) is 35.8 Å². The zero-order chi connectivity index (χ0) is 23.1. The highest BCUT2D eigenvalue weighted by atomic mass is 35.5. The number of benzene rings is 1. The van der Waals surface area contributed by atoms with Crippen LogP contribution in [-0.4, -0.2) is 64.2 Å². The van der Waals surface area contributed by atoms with Gasteiger partial charge in [0, 0.05) is 12.2 Å². The van der Waals surface area contributed by atoms with Gasteiger partial charge < -0.3 is 37.1 Å². The van der Waals surface area contributed by atoms with Crippen LogP contribution in [0.5, 0.6) is 5.75 Å². The lowest BCUT2D eigenvalue weighted by Crippen LogP contribution is -2.57. The Morgan fingerprint density at radius 3 is 2.61 bits per heavy atom. The molecule has 2 unspecified atom stereocenters. The molecule has 1 heterocycles. The largest absolute Gasteiger partial charge is 0.491 e. The van der Waals surface area contributed by atoms with Crippen LogP contribution in [0.1, 0.15) is 19.8 Å². The van der Waals surface area contributed by atoms with Crippen LogP contribution in [0.25, 0.3) is 0 Å². The fourth-order valence-corrected chi connectivity index (χ4v) is 2.98. The number of aliphatic imine (C=N–C) groups is 1. The molecule has 1 aliphatic heterocycles. The summed E-state index contributed by atoms with van der Waals surface area (Å²) in [5.41, 5.74) is 17.9. The smallest absolute Gasteiger partial charge is 0.271 e. The number of carbonyl (C=O) groups excluding carboxylic acids is 1. The van der Waals surface area contributed by atoms with Gasteiger partial charge in [-0.05, 0) is 30.7 Å². The number of amides is 1. The Morgan fingerprint density at radius 1 is 1.42 bits per heavy atom. The van der Waals surface area contributed by atoms with Gasteiger partial charge in [-0.2, -0.15) is 0 Å². The van der Waals surface area contributed by atoms with Crippen LogP contribution in [0.3, 0.4) is 0 Å². The minimum Gasteiger partial charge on any atom is -0.491 e. The van der Waals surface area contributed by atoms with E-state index in [0.717, 1.165) is 12.8 Å². The molecule has 1 aliphatic rings. The zero-order valence-electron chi connectivity index (χ0n) is 17.2. The standard InChI is InChI=1S/C19H28ClN7O4/c1-2-3-8-26(11-4-6-13(7-5-11)31-10-12(29)9-28)19(24)27-16(21)14(18(23)30)25-15(20)17(27)22/h4-7,12,17,24,28-29H,2-3,8-10,21-22H2,1H3,(H2,23,30). The monoisotopic (exact) mass is 453 g/mol. The molecule has 0 bridgehead atoms. The van der Waals surface area contributed by atoms with Gasteiger partial charge in [0.05, 0.1) is 6.61 Å². The molecule has 170 valence electrons. The number of nitrogens with one attached hydrogen (secondary N) is 1.